The molecule has 2 aromatic carbocycles. The fourth-order valence-electron chi connectivity index (χ4n) is 2.49. The Morgan fingerprint density at radius 2 is 1.96 bits per heavy atom. The Morgan fingerprint density at radius 3 is 2.70 bits per heavy atom. The van der Waals surface area contributed by atoms with Crippen LogP contribution in [0.3, 0.4) is 0 Å². The molecule has 0 aliphatic carbocycles. The number of hydrogen-bond acceptors (Lipinski definition) is 3. The first kappa shape index (κ1) is 16.1. The van der Waals surface area contributed by atoms with Crippen molar-refractivity contribution in [3.05, 3.63) is 73.0 Å². The summed E-state index contributed by atoms with van der Waals surface area (Å²) in [6.07, 6.45) is 0. The third kappa shape index (κ3) is 3.43. The van der Waals surface area contributed by atoms with Gasteiger partial charge in [0.1, 0.15) is 17.9 Å². The Hall–Kier alpha value is -1.78. The van der Waals surface area contributed by atoms with Crippen LogP contribution in [0.2, 0.25) is 5.02 Å². The highest BCUT2D eigenvalue weighted by atomic mass is 79.9. The molecule has 5 heteroatoms. The Morgan fingerprint density at radius 1 is 1.17 bits per heavy atom. The molecule has 3 aromatic rings. The fraction of sp³-hybridized carbons (Fsp3) is 0.167. The Bertz CT molecular complexity index is 947. The van der Waals surface area contributed by atoms with Gasteiger partial charge < -0.3 is 9.15 Å². The predicted octanol–water partition coefficient (Wildman–Crippen LogP) is 5.40. The average molecular weight is 394 g/mol. The number of fused-ring (bicyclic) bond motifs is 1. The van der Waals surface area contributed by atoms with Crippen LogP contribution in [0.5, 0.6) is 5.75 Å². The van der Waals surface area contributed by atoms with Gasteiger partial charge in [-0.1, -0.05) is 33.6 Å². The summed E-state index contributed by atoms with van der Waals surface area (Å²) in [7, 11) is 0. The Balaban J connectivity index is 2.01. The second-order valence-corrected chi connectivity index (χ2v) is 6.73. The summed E-state index contributed by atoms with van der Waals surface area (Å²) in [5.74, 6) is 0.681. The number of ether oxygens (including phenoxy) is 1. The zero-order valence-electron chi connectivity index (χ0n) is 12.7. The minimum Gasteiger partial charge on any atom is -0.488 e. The molecule has 0 radical (unpaired) electrons. The molecule has 0 bridgehead atoms. The molecular formula is C18H14BrClO3. The summed E-state index contributed by atoms with van der Waals surface area (Å²) >= 11 is 9.61. The number of halogens is 2. The smallest absolute Gasteiger partial charge is 0.336 e. The summed E-state index contributed by atoms with van der Waals surface area (Å²) in [6.45, 7) is 4.14. The van der Waals surface area contributed by atoms with Gasteiger partial charge in [-0.25, -0.2) is 4.79 Å². The lowest BCUT2D eigenvalue weighted by molar-refractivity contribution is 0.309. The largest absolute Gasteiger partial charge is 0.488 e. The molecule has 1 heterocycles. The molecule has 0 saturated heterocycles. The van der Waals surface area contributed by atoms with Gasteiger partial charge in [0, 0.05) is 21.1 Å². The van der Waals surface area contributed by atoms with Crippen LogP contribution in [0, 0.1) is 13.8 Å². The fourth-order valence-corrected chi connectivity index (χ4v) is 3.21. The van der Waals surface area contributed by atoms with Gasteiger partial charge in [0.05, 0.1) is 5.39 Å². The van der Waals surface area contributed by atoms with Crippen molar-refractivity contribution in [2.45, 2.75) is 20.5 Å². The third-order valence-electron chi connectivity index (χ3n) is 3.55. The molecule has 0 unspecified atom stereocenters. The van der Waals surface area contributed by atoms with Crippen molar-refractivity contribution < 1.29 is 9.15 Å². The van der Waals surface area contributed by atoms with E-state index in [2.05, 4.69) is 15.9 Å². The lowest BCUT2D eigenvalue weighted by Crippen LogP contribution is -2.02. The van der Waals surface area contributed by atoms with E-state index in [1.54, 1.807) is 0 Å². The van der Waals surface area contributed by atoms with Crippen molar-refractivity contribution in [2.75, 3.05) is 0 Å². The molecule has 1 aromatic heterocycles. The highest BCUT2D eigenvalue weighted by Gasteiger charge is 2.11. The van der Waals surface area contributed by atoms with Crippen LogP contribution < -0.4 is 10.4 Å². The minimum atomic E-state index is -0.359. The number of benzene rings is 2. The van der Waals surface area contributed by atoms with Crippen LogP contribution in [-0.2, 0) is 6.61 Å². The standard InChI is InChI=1S/C18H14BrClO3/c1-10-5-15(18-11(2)7-17(21)23-16(18)6-10)22-9-12-3-4-13(19)8-14(12)20/h3-8H,9H2,1-2H3. The van der Waals surface area contributed by atoms with Crippen molar-refractivity contribution in [3.63, 3.8) is 0 Å². The number of aryl methyl sites for hydroxylation is 2. The quantitative estimate of drug-likeness (QED) is 0.559. The van der Waals surface area contributed by atoms with Crippen LogP contribution in [0.25, 0.3) is 11.0 Å². The van der Waals surface area contributed by atoms with Crippen molar-refractivity contribution in [2.24, 2.45) is 0 Å². The Kier molecular flexibility index (Phi) is 4.46. The molecule has 3 rings (SSSR count). The van der Waals surface area contributed by atoms with Crippen LogP contribution in [0.15, 0.2) is 50.1 Å². The Labute approximate surface area is 147 Å². The number of hydrogen-bond donors (Lipinski definition) is 0. The minimum absolute atomic E-state index is 0.337. The van der Waals surface area contributed by atoms with Gasteiger partial charge in [0.25, 0.3) is 0 Å². The highest BCUT2D eigenvalue weighted by Crippen LogP contribution is 2.31. The normalized spacial score (nSPS) is 11.0. The van der Waals surface area contributed by atoms with Crippen molar-refractivity contribution >= 4 is 38.5 Å². The molecule has 0 aliphatic rings. The van der Waals surface area contributed by atoms with Gasteiger partial charge >= 0.3 is 5.63 Å². The van der Waals surface area contributed by atoms with Crippen molar-refractivity contribution in [3.8, 4) is 5.75 Å². The first-order chi connectivity index (χ1) is 10.9. The second-order valence-electron chi connectivity index (χ2n) is 5.41. The zero-order valence-corrected chi connectivity index (χ0v) is 15.0. The van der Waals surface area contributed by atoms with Crippen molar-refractivity contribution in [1.29, 1.82) is 0 Å². The molecule has 0 spiro atoms. The van der Waals surface area contributed by atoms with Crippen LogP contribution in [0.4, 0.5) is 0 Å². The van der Waals surface area contributed by atoms with E-state index in [-0.39, 0.29) is 5.63 Å². The van der Waals surface area contributed by atoms with Crippen molar-refractivity contribution in [1.82, 2.24) is 0 Å². The molecule has 0 atom stereocenters. The molecule has 23 heavy (non-hydrogen) atoms. The average Bonchev–Trinajstić information content (AvgIpc) is 2.44. The lowest BCUT2D eigenvalue weighted by atomic mass is 10.1. The van der Waals surface area contributed by atoms with Gasteiger partial charge in [0.2, 0.25) is 0 Å². The summed E-state index contributed by atoms with van der Waals surface area (Å²) in [5.41, 5.74) is 2.85. The van der Waals surface area contributed by atoms with E-state index in [1.807, 2.05) is 44.2 Å². The maximum Gasteiger partial charge on any atom is 0.336 e. The van der Waals surface area contributed by atoms with Gasteiger partial charge in [-0.2, -0.15) is 0 Å². The maximum absolute atomic E-state index is 11.6. The molecule has 0 aliphatic heterocycles. The molecular weight excluding hydrogens is 380 g/mol. The molecule has 3 nitrogen and oxygen atoms in total. The molecule has 0 fully saturated rings. The third-order valence-corrected chi connectivity index (χ3v) is 4.39. The first-order valence-electron chi connectivity index (χ1n) is 7.06. The van der Waals surface area contributed by atoms with E-state index in [0.29, 0.717) is 23.0 Å². The van der Waals surface area contributed by atoms with E-state index in [4.69, 9.17) is 20.8 Å². The van der Waals surface area contributed by atoms with E-state index in [1.165, 1.54) is 6.07 Å². The maximum atomic E-state index is 11.6. The van der Waals surface area contributed by atoms with E-state index >= 15 is 0 Å². The van der Waals surface area contributed by atoms with Crippen LogP contribution >= 0.6 is 27.5 Å². The van der Waals surface area contributed by atoms with Gasteiger partial charge in [-0.3, -0.25) is 0 Å². The summed E-state index contributed by atoms with van der Waals surface area (Å²) in [4.78, 5) is 11.6. The van der Waals surface area contributed by atoms with Gasteiger partial charge in [0.15, 0.2) is 0 Å². The van der Waals surface area contributed by atoms with E-state index in [0.717, 1.165) is 26.5 Å². The monoisotopic (exact) mass is 392 g/mol. The number of rotatable bonds is 3. The SMILES string of the molecule is Cc1cc(OCc2ccc(Br)cc2Cl)c2c(C)cc(=O)oc2c1. The van der Waals surface area contributed by atoms with E-state index < -0.39 is 0 Å². The van der Waals surface area contributed by atoms with E-state index in [9.17, 15) is 4.79 Å². The summed E-state index contributed by atoms with van der Waals surface area (Å²) in [5, 5.41) is 1.45. The summed E-state index contributed by atoms with van der Waals surface area (Å²) in [6, 6.07) is 10.9. The van der Waals surface area contributed by atoms with Crippen LogP contribution in [0.1, 0.15) is 16.7 Å². The first-order valence-corrected chi connectivity index (χ1v) is 8.23. The molecule has 0 amide bonds. The molecule has 0 N–H and O–H groups in total. The van der Waals surface area contributed by atoms with Gasteiger partial charge in [-0.15, -0.1) is 0 Å². The lowest BCUT2D eigenvalue weighted by Gasteiger charge is -2.12. The second kappa shape index (κ2) is 6.38. The molecule has 118 valence electrons. The topological polar surface area (TPSA) is 39.4 Å². The zero-order chi connectivity index (χ0) is 16.6. The van der Waals surface area contributed by atoms with Gasteiger partial charge in [-0.05, 0) is 49.2 Å². The highest BCUT2D eigenvalue weighted by molar-refractivity contribution is 9.10. The summed E-state index contributed by atoms with van der Waals surface area (Å²) < 4.78 is 12.2. The van der Waals surface area contributed by atoms with Crippen LogP contribution in [-0.4, -0.2) is 0 Å². The predicted molar refractivity (Wildman–Crippen MR) is 95.4 cm³/mol. The molecule has 0 saturated carbocycles.